The minimum absolute atomic E-state index is 0.494. The molecule has 0 aliphatic carbocycles. The summed E-state index contributed by atoms with van der Waals surface area (Å²) in [6, 6.07) is 11.8. The Labute approximate surface area is 222 Å². The van der Waals surface area contributed by atoms with E-state index in [2.05, 4.69) is 52.8 Å². The number of halogens is 1. The number of rotatable bonds is 8. The van der Waals surface area contributed by atoms with Crippen LogP contribution in [0.5, 0.6) is 11.5 Å². The quantitative estimate of drug-likeness (QED) is 0.391. The molecule has 0 aromatic heterocycles. The summed E-state index contributed by atoms with van der Waals surface area (Å²) in [5.41, 5.74) is 5.41. The van der Waals surface area contributed by atoms with Crippen molar-refractivity contribution in [2.45, 2.75) is 64.5 Å². The highest BCUT2D eigenvalue weighted by Crippen LogP contribution is 2.40. The number of benzene rings is 2. The van der Waals surface area contributed by atoms with Crippen LogP contribution in [-0.2, 0) is 0 Å². The van der Waals surface area contributed by atoms with E-state index in [-0.39, 0.29) is 0 Å². The van der Waals surface area contributed by atoms with Gasteiger partial charge in [0.25, 0.3) is 0 Å². The van der Waals surface area contributed by atoms with E-state index in [1.54, 1.807) is 7.11 Å². The molecule has 3 saturated heterocycles. The lowest BCUT2D eigenvalue weighted by Crippen LogP contribution is -2.56. The van der Waals surface area contributed by atoms with Gasteiger partial charge < -0.3 is 19.3 Å². The molecule has 0 N–H and O–H groups in total. The highest BCUT2D eigenvalue weighted by atomic mass is 35.5. The Morgan fingerprint density at radius 1 is 0.917 bits per heavy atom. The normalized spacial score (nSPS) is 23.1. The molecule has 2 atom stereocenters. The van der Waals surface area contributed by atoms with Crippen molar-refractivity contribution in [3.63, 3.8) is 0 Å². The number of ether oxygens (including phenoxy) is 2. The monoisotopic (exact) mass is 511 g/mol. The molecule has 1 unspecified atom stereocenters. The smallest absolute Gasteiger partial charge is 0.139 e. The number of fused-ring (bicyclic) bond motifs is 1. The van der Waals surface area contributed by atoms with Crippen molar-refractivity contribution in [1.29, 1.82) is 0 Å². The van der Waals surface area contributed by atoms with Gasteiger partial charge in [-0.05, 0) is 100 Å². The fourth-order valence-corrected chi connectivity index (χ4v) is 6.67. The first-order valence-electron chi connectivity index (χ1n) is 13.8. The molecule has 36 heavy (non-hydrogen) atoms. The zero-order valence-electron chi connectivity index (χ0n) is 22.3. The molecule has 6 heteroatoms. The maximum absolute atomic E-state index is 6.27. The van der Waals surface area contributed by atoms with E-state index in [9.17, 15) is 0 Å². The molecule has 2 aromatic carbocycles. The molecule has 5 nitrogen and oxygen atoms in total. The predicted octanol–water partition coefficient (Wildman–Crippen LogP) is 6.25. The Kier molecular flexibility index (Phi) is 8.29. The van der Waals surface area contributed by atoms with Crippen LogP contribution in [0.4, 0.5) is 5.69 Å². The van der Waals surface area contributed by atoms with E-state index >= 15 is 0 Å². The number of methoxy groups -OCH3 is 1. The maximum Gasteiger partial charge on any atom is 0.139 e. The van der Waals surface area contributed by atoms with Gasteiger partial charge in [0.1, 0.15) is 11.5 Å². The zero-order valence-corrected chi connectivity index (χ0v) is 23.0. The van der Waals surface area contributed by atoms with Crippen molar-refractivity contribution in [2.24, 2.45) is 0 Å². The van der Waals surface area contributed by atoms with E-state index in [1.165, 1.54) is 67.6 Å². The fourth-order valence-electron chi connectivity index (χ4n) is 6.47. The van der Waals surface area contributed by atoms with Gasteiger partial charge in [-0.15, -0.1) is 0 Å². The molecule has 3 aliphatic rings. The summed E-state index contributed by atoms with van der Waals surface area (Å²) in [5.74, 6) is 1.81. The summed E-state index contributed by atoms with van der Waals surface area (Å²) in [6.07, 6.45) is 7.59. The first-order chi connectivity index (χ1) is 17.5. The Hall–Kier alpha value is -1.95. The van der Waals surface area contributed by atoms with Gasteiger partial charge in [-0.3, -0.25) is 4.90 Å². The largest absolute Gasteiger partial charge is 0.495 e. The molecular formula is C30H42ClN3O2. The van der Waals surface area contributed by atoms with E-state index in [0.717, 1.165) is 50.7 Å². The van der Waals surface area contributed by atoms with Crippen LogP contribution < -0.4 is 14.4 Å². The van der Waals surface area contributed by atoms with Crippen molar-refractivity contribution in [2.75, 3.05) is 57.9 Å². The summed E-state index contributed by atoms with van der Waals surface area (Å²) >= 11 is 6.27. The number of piperidine rings is 1. The molecule has 0 bridgehead atoms. The van der Waals surface area contributed by atoms with Crippen LogP contribution in [0.3, 0.4) is 0 Å². The third-order valence-electron chi connectivity index (χ3n) is 8.66. The molecule has 2 aromatic rings. The van der Waals surface area contributed by atoms with Crippen LogP contribution in [0, 0.1) is 13.8 Å². The van der Waals surface area contributed by atoms with Gasteiger partial charge in [0.15, 0.2) is 0 Å². The minimum Gasteiger partial charge on any atom is -0.495 e. The number of piperazine rings is 1. The molecule has 0 amide bonds. The highest BCUT2D eigenvalue weighted by molar-refractivity contribution is 6.32. The van der Waals surface area contributed by atoms with Gasteiger partial charge >= 0.3 is 0 Å². The number of hydrogen-bond donors (Lipinski definition) is 0. The standard InChI is InChI=1S/C30H42ClN3O2/c1-22-23(2)29(36-19-7-16-32-14-4-5-15-32)13-11-26(22)28-9-6-8-25-21-33(17-18-34(25)28)24-10-12-27(31)30(20-24)35-3/h10-13,20,25,28H,4-9,14-19,21H2,1-3H3/t25?,28-/m1/s1. The second-order valence-electron chi connectivity index (χ2n) is 10.8. The van der Waals surface area contributed by atoms with Gasteiger partial charge in [0, 0.05) is 50.0 Å². The average Bonchev–Trinajstić information content (AvgIpc) is 3.42. The molecule has 196 valence electrons. The lowest BCUT2D eigenvalue weighted by Gasteiger charge is -2.49. The summed E-state index contributed by atoms with van der Waals surface area (Å²) < 4.78 is 11.7. The van der Waals surface area contributed by atoms with Crippen molar-refractivity contribution in [3.05, 3.63) is 52.0 Å². The number of likely N-dealkylation sites (tertiary alicyclic amines) is 1. The van der Waals surface area contributed by atoms with Crippen LogP contribution in [0.15, 0.2) is 30.3 Å². The third kappa shape index (κ3) is 5.49. The van der Waals surface area contributed by atoms with E-state index in [0.29, 0.717) is 17.1 Å². The van der Waals surface area contributed by atoms with Crippen LogP contribution in [0.1, 0.15) is 61.3 Å². The van der Waals surface area contributed by atoms with Crippen molar-refractivity contribution >= 4 is 17.3 Å². The molecule has 0 saturated carbocycles. The fraction of sp³-hybridized carbons (Fsp3) is 0.600. The summed E-state index contributed by atoms with van der Waals surface area (Å²) in [5, 5.41) is 0.669. The zero-order chi connectivity index (χ0) is 25.1. The van der Waals surface area contributed by atoms with Crippen LogP contribution in [0.25, 0.3) is 0 Å². The maximum atomic E-state index is 6.27. The summed E-state index contributed by atoms with van der Waals surface area (Å²) in [6.45, 7) is 12.2. The van der Waals surface area contributed by atoms with Crippen molar-refractivity contribution < 1.29 is 9.47 Å². The third-order valence-corrected chi connectivity index (χ3v) is 8.97. The SMILES string of the molecule is COc1cc(N2CCN3C(CCC[C@@H]3c3ccc(OCCCN4CCCC4)c(C)c3C)C2)ccc1Cl. The van der Waals surface area contributed by atoms with Crippen molar-refractivity contribution in [1.82, 2.24) is 9.80 Å². The van der Waals surface area contributed by atoms with E-state index in [4.69, 9.17) is 21.1 Å². The van der Waals surface area contributed by atoms with Crippen LogP contribution in [0.2, 0.25) is 5.02 Å². The average molecular weight is 512 g/mol. The highest BCUT2D eigenvalue weighted by Gasteiger charge is 2.36. The topological polar surface area (TPSA) is 28.2 Å². The van der Waals surface area contributed by atoms with Crippen LogP contribution >= 0.6 is 11.6 Å². The van der Waals surface area contributed by atoms with Crippen molar-refractivity contribution in [3.8, 4) is 11.5 Å². The minimum atomic E-state index is 0.494. The second-order valence-corrected chi connectivity index (χ2v) is 11.2. The Morgan fingerprint density at radius 2 is 1.75 bits per heavy atom. The summed E-state index contributed by atoms with van der Waals surface area (Å²) in [4.78, 5) is 7.83. The first-order valence-corrected chi connectivity index (χ1v) is 14.2. The molecule has 0 radical (unpaired) electrons. The van der Waals surface area contributed by atoms with Gasteiger partial charge in [-0.1, -0.05) is 17.7 Å². The van der Waals surface area contributed by atoms with Crippen LogP contribution in [-0.4, -0.2) is 68.8 Å². The number of nitrogens with zero attached hydrogens (tertiary/aromatic N) is 3. The Bertz CT molecular complexity index is 1040. The molecule has 3 fully saturated rings. The van der Waals surface area contributed by atoms with Gasteiger partial charge in [0.05, 0.1) is 18.7 Å². The molecule has 3 heterocycles. The lowest BCUT2D eigenvalue weighted by molar-refractivity contribution is 0.0712. The van der Waals surface area contributed by atoms with Gasteiger partial charge in [-0.25, -0.2) is 0 Å². The molecular weight excluding hydrogens is 470 g/mol. The molecule has 3 aliphatic heterocycles. The first kappa shape index (κ1) is 25.7. The number of hydrogen-bond acceptors (Lipinski definition) is 5. The Balaban J connectivity index is 1.23. The summed E-state index contributed by atoms with van der Waals surface area (Å²) in [7, 11) is 1.68. The second kappa shape index (κ2) is 11.6. The van der Waals surface area contributed by atoms with Gasteiger partial charge in [-0.2, -0.15) is 0 Å². The number of anilines is 1. The lowest BCUT2D eigenvalue weighted by atomic mass is 9.86. The molecule has 0 spiro atoms. The predicted molar refractivity (Wildman–Crippen MR) is 149 cm³/mol. The molecule has 5 rings (SSSR count). The van der Waals surface area contributed by atoms with E-state index < -0.39 is 0 Å². The van der Waals surface area contributed by atoms with Gasteiger partial charge in [0.2, 0.25) is 0 Å². The Morgan fingerprint density at radius 3 is 2.56 bits per heavy atom. The van der Waals surface area contributed by atoms with E-state index in [1.807, 2.05) is 6.07 Å².